The quantitative estimate of drug-likeness (QED) is 0.479. The van der Waals surface area contributed by atoms with E-state index in [4.69, 9.17) is 0 Å². The fourth-order valence-electron chi connectivity index (χ4n) is 2.41. The number of nitrogens with one attached hydrogen (secondary N) is 2. The second kappa shape index (κ2) is 6.76. The van der Waals surface area contributed by atoms with Gasteiger partial charge in [-0.3, -0.25) is 9.59 Å². The summed E-state index contributed by atoms with van der Waals surface area (Å²) in [6.45, 7) is 0.888. The first-order valence-corrected chi connectivity index (χ1v) is 8.09. The van der Waals surface area contributed by atoms with Gasteiger partial charge in [0.05, 0.1) is 11.2 Å². The molecule has 0 aliphatic rings. The van der Waals surface area contributed by atoms with Crippen LogP contribution in [-0.2, 0) is 6.42 Å². The predicted molar refractivity (Wildman–Crippen MR) is 91.5 cm³/mol. The summed E-state index contributed by atoms with van der Waals surface area (Å²) in [4.78, 5) is 26.1. The molecule has 118 valence electrons. The van der Waals surface area contributed by atoms with Gasteiger partial charge in [-0.05, 0) is 30.7 Å². The van der Waals surface area contributed by atoms with E-state index in [1.54, 1.807) is 6.07 Å². The fraction of sp³-hybridized carbons (Fsp3) is 0.176. The Morgan fingerprint density at radius 1 is 1.17 bits per heavy atom. The average molecular weight is 328 g/mol. The van der Waals surface area contributed by atoms with Gasteiger partial charge < -0.3 is 15.4 Å². The standard InChI is InChI=1S/C17H16N2O3S/c20-13-7-6-12(16-15(13)19-17(22)23-16)14(21)10-18-9-8-11-4-2-1-3-5-11/h1-7,18,20H,8-10H2,(H,19,22). The highest BCUT2D eigenvalue weighted by Crippen LogP contribution is 2.27. The van der Waals surface area contributed by atoms with Crippen LogP contribution in [-0.4, -0.2) is 29.0 Å². The minimum absolute atomic E-state index is 0.0214. The average Bonchev–Trinajstić information content (AvgIpc) is 2.95. The molecule has 0 spiro atoms. The van der Waals surface area contributed by atoms with Crippen LogP contribution in [0.25, 0.3) is 10.2 Å². The number of fused-ring (bicyclic) bond motifs is 1. The third kappa shape index (κ3) is 3.49. The third-order valence-corrected chi connectivity index (χ3v) is 4.49. The number of hydrogen-bond donors (Lipinski definition) is 3. The predicted octanol–water partition coefficient (Wildman–Crippen LogP) is 2.31. The van der Waals surface area contributed by atoms with Crippen LogP contribution in [0, 0.1) is 0 Å². The maximum Gasteiger partial charge on any atom is 0.305 e. The molecule has 3 aromatic rings. The zero-order valence-corrected chi connectivity index (χ0v) is 13.2. The largest absolute Gasteiger partial charge is 0.506 e. The van der Waals surface area contributed by atoms with Gasteiger partial charge in [0, 0.05) is 5.56 Å². The molecule has 0 bridgehead atoms. The van der Waals surface area contributed by atoms with Gasteiger partial charge in [-0.1, -0.05) is 41.7 Å². The Labute approximate surface area is 136 Å². The second-order valence-corrected chi connectivity index (χ2v) is 6.17. The number of benzene rings is 2. The molecular formula is C17H16N2O3S. The first-order valence-electron chi connectivity index (χ1n) is 7.28. The van der Waals surface area contributed by atoms with Crippen molar-refractivity contribution < 1.29 is 9.90 Å². The molecule has 1 aromatic heterocycles. The molecule has 1 heterocycles. The lowest BCUT2D eigenvalue weighted by atomic mass is 10.1. The van der Waals surface area contributed by atoms with Gasteiger partial charge in [-0.2, -0.15) is 0 Å². The summed E-state index contributed by atoms with van der Waals surface area (Å²) in [6, 6.07) is 13.0. The van der Waals surface area contributed by atoms with E-state index in [-0.39, 0.29) is 23.0 Å². The Morgan fingerprint density at radius 3 is 2.74 bits per heavy atom. The van der Waals surface area contributed by atoms with Gasteiger partial charge >= 0.3 is 4.87 Å². The van der Waals surface area contributed by atoms with Crippen molar-refractivity contribution in [1.82, 2.24) is 10.3 Å². The fourth-order valence-corrected chi connectivity index (χ4v) is 3.30. The van der Waals surface area contributed by atoms with Gasteiger partial charge in [0.2, 0.25) is 0 Å². The van der Waals surface area contributed by atoms with Crippen molar-refractivity contribution in [3.63, 3.8) is 0 Å². The molecule has 23 heavy (non-hydrogen) atoms. The zero-order chi connectivity index (χ0) is 16.2. The van der Waals surface area contributed by atoms with Crippen LogP contribution in [0.2, 0.25) is 0 Å². The van der Waals surface area contributed by atoms with Crippen molar-refractivity contribution in [2.75, 3.05) is 13.1 Å². The van der Waals surface area contributed by atoms with Crippen LogP contribution in [0.15, 0.2) is 47.3 Å². The van der Waals surface area contributed by atoms with E-state index in [1.165, 1.54) is 11.6 Å². The summed E-state index contributed by atoms with van der Waals surface area (Å²) in [5, 5.41) is 12.9. The van der Waals surface area contributed by atoms with Crippen LogP contribution < -0.4 is 10.2 Å². The molecule has 3 N–H and O–H groups in total. The minimum atomic E-state index is -0.285. The number of rotatable bonds is 6. The molecule has 3 rings (SSSR count). The van der Waals surface area contributed by atoms with Crippen LogP contribution in [0.1, 0.15) is 15.9 Å². The number of carbonyl (C=O) groups is 1. The summed E-state index contributed by atoms with van der Waals surface area (Å²) in [5.74, 6) is -0.120. The van der Waals surface area contributed by atoms with E-state index in [9.17, 15) is 14.7 Å². The number of aromatic hydroxyl groups is 1. The zero-order valence-electron chi connectivity index (χ0n) is 12.3. The van der Waals surface area contributed by atoms with Crippen molar-refractivity contribution in [2.45, 2.75) is 6.42 Å². The van der Waals surface area contributed by atoms with Gasteiger partial charge in [0.1, 0.15) is 11.3 Å². The Morgan fingerprint density at radius 2 is 1.96 bits per heavy atom. The molecule has 0 unspecified atom stereocenters. The highest BCUT2D eigenvalue weighted by atomic mass is 32.1. The smallest absolute Gasteiger partial charge is 0.305 e. The molecule has 0 atom stereocenters. The lowest BCUT2D eigenvalue weighted by Gasteiger charge is -2.06. The molecule has 0 aliphatic carbocycles. The van der Waals surface area contributed by atoms with Crippen molar-refractivity contribution >= 4 is 27.3 Å². The number of carbonyl (C=O) groups excluding carboxylic acids is 1. The van der Waals surface area contributed by atoms with E-state index >= 15 is 0 Å². The van der Waals surface area contributed by atoms with Gasteiger partial charge in [0.25, 0.3) is 0 Å². The number of phenolic OH excluding ortho intramolecular Hbond substituents is 1. The van der Waals surface area contributed by atoms with Crippen molar-refractivity contribution in [3.8, 4) is 5.75 Å². The lowest BCUT2D eigenvalue weighted by Crippen LogP contribution is -2.25. The summed E-state index contributed by atoms with van der Waals surface area (Å²) in [7, 11) is 0. The Kier molecular flexibility index (Phi) is 4.55. The second-order valence-electron chi connectivity index (χ2n) is 5.19. The van der Waals surface area contributed by atoms with Gasteiger partial charge in [-0.25, -0.2) is 0 Å². The number of hydrogen-bond acceptors (Lipinski definition) is 5. The van der Waals surface area contributed by atoms with Crippen LogP contribution in [0.3, 0.4) is 0 Å². The number of Topliss-reactive ketones (excluding diaryl/α,β-unsaturated/α-hetero) is 1. The molecule has 6 heteroatoms. The normalized spacial score (nSPS) is 11.0. The summed E-state index contributed by atoms with van der Waals surface area (Å²) < 4.78 is 0.504. The number of H-pyrrole nitrogens is 1. The maximum absolute atomic E-state index is 12.3. The number of aromatic nitrogens is 1. The SMILES string of the molecule is O=C(CNCCc1ccccc1)c1ccc(O)c2[nH]c(=O)sc12. The highest BCUT2D eigenvalue weighted by Gasteiger charge is 2.15. The van der Waals surface area contributed by atoms with E-state index in [2.05, 4.69) is 10.3 Å². The molecule has 0 amide bonds. The van der Waals surface area contributed by atoms with E-state index < -0.39 is 0 Å². The minimum Gasteiger partial charge on any atom is -0.506 e. The Balaban J connectivity index is 1.65. The Bertz CT molecular complexity index is 884. The van der Waals surface area contributed by atoms with Crippen LogP contribution >= 0.6 is 11.3 Å². The van der Waals surface area contributed by atoms with Crippen LogP contribution in [0.5, 0.6) is 5.75 Å². The van der Waals surface area contributed by atoms with E-state index in [0.717, 1.165) is 17.8 Å². The Hall–Kier alpha value is -2.44. The summed E-state index contributed by atoms with van der Waals surface area (Å²) >= 11 is 0.938. The van der Waals surface area contributed by atoms with Crippen LogP contribution in [0.4, 0.5) is 0 Å². The number of ketones is 1. The van der Waals surface area contributed by atoms with Gasteiger partial charge in [-0.15, -0.1) is 0 Å². The number of phenols is 1. The molecule has 0 saturated heterocycles. The molecule has 0 radical (unpaired) electrons. The summed E-state index contributed by atoms with van der Waals surface area (Å²) in [5.41, 5.74) is 1.99. The van der Waals surface area contributed by atoms with Crippen molar-refractivity contribution in [2.24, 2.45) is 0 Å². The number of thiazole rings is 1. The van der Waals surface area contributed by atoms with Gasteiger partial charge in [0.15, 0.2) is 5.78 Å². The molecule has 2 aromatic carbocycles. The summed E-state index contributed by atoms with van der Waals surface area (Å²) in [6.07, 6.45) is 0.844. The number of aromatic amines is 1. The molecule has 0 aliphatic heterocycles. The lowest BCUT2D eigenvalue weighted by molar-refractivity contribution is 0.0993. The van der Waals surface area contributed by atoms with E-state index in [0.29, 0.717) is 22.3 Å². The van der Waals surface area contributed by atoms with Crippen molar-refractivity contribution in [1.29, 1.82) is 0 Å². The third-order valence-electron chi connectivity index (χ3n) is 3.58. The maximum atomic E-state index is 12.3. The first-order chi connectivity index (χ1) is 11.1. The van der Waals surface area contributed by atoms with Crippen molar-refractivity contribution in [3.05, 3.63) is 63.3 Å². The molecule has 0 fully saturated rings. The first kappa shape index (κ1) is 15.5. The highest BCUT2D eigenvalue weighted by molar-refractivity contribution is 7.16. The molecule has 0 saturated carbocycles. The molecule has 5 nitrogen and oxygen atoms in total. The van der Waals surface area contributed by atoms with E-state index in [1.807, 2.05) is 30.3 Å². The monoisotopic (exact) mass is 328 g/mol. The molecular weight excluding hydrogens is 312 g/mol. The topological polar surface area (TPSA) is 82.2 Å².